The second kappa shape index (κ2) is 2.53. The van der Waals surface area contributed by atoms with Gasteiger partial charge in [-0.1, -0.05) is 0 Å². The van der Waals surface area contributed by atoms with Gasteiger partial charge in [0.1, 0.15) is 0 Å². The highest BCUT2D eigenvalue weighted by molar-refractivity contribution is 6.99. The molecule has 11 heavy (non-hydrogen) atoms. The Morgan fingerprint density at radius 3 is 2.91 bits per heavy atom. The minimum Gasteiger partial charge on any atom is -0.389 e. The summed E-state index contributed by atoms with van der Waals surface area (Å²) in [6, 6.07) is 0. The van der Waals surface area contributed by atoms with Crippen molar-refractivity contribution < 1.29 is 5.11 Å². The van der Waals surface area contributed by atoms with Gasteiger partial charge in [0.15, 0.2) is 0 Å². The van der Waals surface area contributed by atoms with Gasteiger partial charge >= 0.3 is 0 Å². The summed E-state index contributed by atoms with van der Waals surface area (Å²) >= 11 is 1.20. The summed E-state index contributed by atoms with van der Waals surface area (Å²) < 4.78 is 7.94. The van der Waals surface area contributed by atoms with Gasteiger partial charge in [-0.2, -0.15) is 8.75 Å². The predicted octanol–water partition coefficient (Wildman–Crippen LogP) is 0.996. The molecule has 3 nitrogen and oxygen atoms in total. The topological polar surface area (TPSA) is 46.0 Å². The molecule has 0 radical (unpaired) electrons. The molecule has 0 unspecified atom stereocenters. The average Bonchev–Trinajstić information content (AvgIpc) is 2.36. The Morgan fingerprint density at radius 1 is 1.64 bits per heavy atom. The molecule has 1 aromatic heterocycles. The Hall–Kier alpha value is -0.480. The lowest BCUT2D eigenvalue weighted by molar-refractivity contribution is -0.0329. The third kappa shape index (κ3) is 1.41. The molecule has 60 valence electrons. The molecule has 0 amide bonds. The summed E-state index contributed by atoms with van der Waals surface area (Å²) in [7, 11) is 0. The van der Waals surface area contributed by atoms with Gasteiger partial charge in [0, 0.05) is 6.42 Å². The van der Waals surface area contributed by atoms with Crippen LogP contribution in [0.15, 0.2) is 6.20 Å². The van der Waals surface area contributed by atoms with Crippen LogP contribution in [0.5, 0.6) is 0 Å². The van der Waals surface area contributed by atoms with E-state index in [1.54, 1.807) is 6.20 Å². The summed E-state index contributed by atoms with van der Waals surface area (Å²) in [6.45, 7) is 0. The van der Waals surface area contributed by atoms with Crippen LogP contribution < -0.4 is 0 Å². The molecule has 1 aliphatic carbocycles. The standard InChI is InChI=1S/C7H10N2OS/c10-7(2-1-3-7)4-6-5-8-11-9-6/h5,10H,1-4H2. The van der Waals surface area contributed by atoms with Gasteiger partial charge in [0.2, 0.25) is 0 Å². The number of hydrogen-bond acceptors (Lipinski definition) is 4. The molecule has 1 aromatic rings. The summed E-state index contributed by atoms with van der Waals surface area (Å²) in [5, 5.41) is 9.72. The molecular weight excluding hydrogens is 160 g/mol. The van der Waals surface area contributed by atoms with Gasteiger partial charge in [-0.3, -0.25) is 0 Å². The van der Waals surface area contributed by atoms with Crippen molar-refractivity contribution in [3.8, 4) is 0 Å². The smallest absolute Gasteiger partial charge is 0.0771 e. The third-order valence-corrected chi connectivity index (χ3v) is 2.72. The molecule has 0 atom stereocenters. The van der Waals surface area contributed by atoms with E-state index in [1.807, 2.05) is 0 Å². The minimum atomic E-state index is -0.449. The van der Waals surface area contributed by atoms with E-state index in [4.69, 9.17) is 0 Å². The lowest BCUT2D eigenvalue weighted by Crippen LogP contribution is -2.38. The molecule has 1 saturated carbocycles. The maximum Gasteiger partial charge on any atom is 0.0771 e. The summed E-state index contributed by atoms with van der Waals surface area (Å²) in [6.07, 6.45) is 5.41. The summed E-state index contributed by atoms with van der Waals surface area (Å²) in [4.78, 5) is 0. The van der Waals surface area contributed by atoms with Crippen molar-refractivity contribution >= 4 is 11.7 Å². The zero-order chi connectivity index (χ0) is 7.73. The lowest BCUT2D eigenvalue weighted by atomic mass is 9.77. The Bertz CT molecular complexity index is 231. The first-order chi connectivity index (χ1) is 5.29. The van der Waals surface area contributed by atoms with E-state index in [9.17, 15) is 5.11 Å². The number of rotatable bonds is 2. The van der Waals surface area contributed by atoms with E-state index in [0.29, 0.717) is 6.42 Å². The molecule has 1 aliphatic rings. The fraction of sp³-hybridized carbons (Fsp3) is 0.714. The molecule has 0 aliphatic heterocycles. The van der Waals surface area contributed by atoms with Gasteiger partial charge in [-0.05, 0) is 19.3 Å². The van der Waals surface area contributed by atoms with Crippen LogP contribution in [-0.2, 0) is 6.42 Å². The maximum atomic E-state index is 9.72. The number of nitrogens with zero attached hydrogens (tertiary/aromatic N) is 2. The molecule has 0 spiro atoms. The number of hydrogen-bond donors (Lipinski definition) is 1. The highest BCUT2D eigenvalue weighted by atomic mass is 32.1. The maximum absolute atomic E-state index is 9.72. The molecule has 1 fully saturated rings. The Kier molecular flexibility index (Phi) is 1.65. The fourth-order valence-corrected chi connectivity index (χ4v) is 1.79. The van der Waals surface area contributed by atoms with Crippen LogP contribution in [0.25, 0.3) is 0 Å². The first kappa shape index (κ1) is 7.18. The summed E-state index contributed by atoms with van der Waals surface area (Å²) in [5.74, 6) is 0. The van der Waals surface area contributed by atoms with E-state index in [0.717, 1.165) is 25.0 Å². The second-order valence-corrected chi connectivity index (χ2v) is 3.71. The van der Waals surface area contributed by atoms with E-state index < -0.39 is 5.60 Å². The molecule has 0 bridgehead atoms. The van der Waals surface area contributed by atoms with Crippen molar-refractivity contribution in [3.63, 3.8) is 0 Å². The fourth-order valence-electron chi connectivity index (χ4n) is 1.36. The van der Waals surface area contributed by atoms with Crippen molar-refractivity contribution in [1.82, 2.24) is 8.75 Å². The van der Waals surface area contributed by atoms with Crippen molar-refractivity contribution in [3.05, 3.63) is 11.9 Å². The molecular formula is C7H10N2OS. The van der Waals surface area contributed by atoms with Crippen LogP contribution >= 0.6 is 11.7 Å². The normalized spacial score (nSPS) is 21.2. The SMILES string of the molecule is OC1(Cc2cnsn2)CCC1. The van der Waals surface area contributed by atoms with Gasteiger partial charge in [-0.15, -0.1) is 0 Å². The van der Waals surface area contributed by atoms with Crippen LogP contribution in [0.3, 0.4) is 0 Å². The monoisotopic (exact) mass is 170 g/mol. The zero-order valence-electron chi connectivity index (χ0n) is 6.16. The predicted molar refractivity (Wildman–Crippen MR) is 42.4 cm³/mol. The molecule has 0 aromatic carbocycles. The van der Waals surface area contributed by atoms with Crippen LogP contribution in [0.1, 0.15) is 25.0 Å². The van der Waals surface area contributed by atoms with E-state index >= 15 is 0 Å². The summed E-state index contributed by atoms with van der Waals surface area (Å²) in [5.41, 5.74) is 0.479. The zero-order valence-corrected chi connectivity index (χ0v) is 6.97. The minimum absolute atomic E-state index is 0.449. The van der Waals surface area contributed by atoms with Crippen molar-refractivity contribution in [1.29, 1.82) is 0 Å². The number of aromatic nitrogens is 2. The Morgan fingerprint density at radius 2 is 2.45 bits per heavy atom. The van der Waals surface area contributed by atoms with Gasteiger partial charge in [0.05, 0.1) is 29.2 Å². The van der Waals surface area contributed by atoms with Crippen molar-refractivity contribution in [2.75, 3.05) is 0 Å². The second-order valence-electron chi connectivity index (χ2n) is 3.15. The van der Waals surface area contributed by atoms with Gasteiger partial charge in [0.25, 0.3) is 0 Å². The van der Waals surface area contributed by atoms with Gasteiger partial charge in [-0.25, -0.2) is 0 Å². The Balaban J connectivity index is 2.00. The van der Waals surface area contributed by atoms with Crippen LogP contribution in [0.2, 0.25) is 0 Å². The molecule has 4 heteroatoms. The largest absolute Gasteiger partial charge is 0.389 e. The first-order valence-electron chi connectivity index (χ1n) is 3.77. The van der Waals surface area contributed by atoms with E-state index in [2.05, 4.69) is 8.75 Å². The van der Waals surface area contributed by atoms with Crippen molar-refractivity contribution in [2.24, 2.45) is 0 Å². The van der Waals surface area contributed by atoms with E-state index in [-0.39, 0.29) is 0 Å². The van der Waals surface area contributed by atoms with Crippen LogP contribution in [0.4, 0.5) is 0 Å². The van der Waals surface area contributed by atoms with Gasteiger partial charge < -0.3 is 5.11 Å². The molecule has 1 N–H and O–H groups in total. The average molecular weight is 170 g/mol. The van der Waals surface area contributed by atoms with Crippen LogP contribution in [0, 0.1) is 0 Å². The Labute approximate surface area is 69.4 Å². The molecule has 0 saturated heterocycles. The van der Waals surface area contributed by atoms with E-state index in [1.165, 1.54) is 11.7 Å². The molecule has 2 rings (SSSR count). The highest BCUT2D eigenvalue weighted by Crippen LogP contribution is 2.34. The highest BCUT2D eigenvalue weighted by Gasteiger charge is 2.34. The number of aliphatic hydroxyl groups is 1. The van der Waals surface area contributed by atoms with Crippen molar-refractivity contribution in [2.45, 2.75) is 31.3 Å². The quantitative estimate of drug-likeness (QED) is 0.720. The lowest BCUT2D eigenvalue weighted by Gasteiger charge is -2.35. The first-order valence-corrected chi connectivity index (χ1v) is 4.50. The van der Waals surface area contributed by atoms with Crippen LogP contribution in [-0.4, -0.2) is 19.5 Å². The third-order valence-electron chi connectivity index (χ3n) is 2.20. The molecule has 1 heterocycles.